The fourth-order valence-corrected chi connectivity index (χ4v) is 1.98. The van der Waals surface area contributed by atoms with Crippen LogP contribution in [0.4, 0.5) is 14.5 Å². The predicted octanol–water partition coefficient (Wildman–Crippen LogP) is 3.31. The van der Waals surface area contributed by atoms with E-state index in [-0.39, 0.29) is 5.56 Å². The highest BCUT2D eigenvalue weighted by molar-refractivity contribution is 6.05. The molecule has 0 fully saturated rings. The van der Waals surface area contributed by atoms with E-state index in [0.29, 0.717) is 22.9 Å². The van der Waals surface area contributed by atoms with Crippen molar-refractivity contribution in [2.75, 3.05) is 12.4 Å². The van der Waals surface area contributed by atoms with Crippen molar-refractivity contribution in [2.24, 2.45) is 0 Å². The van der Waals surface area contributed by atoms with Crippen molar-refractivity contribution in [2.45, 2.75) is 6.92 Å². The van der Waals surface area contributed by atoms with Gasteiger partial charge in [-0.3, -0.25) is 4.79 Å². The Hall–Kier alpha value is -2.76. The molecule has 2 rings (SSSR count). The van der Waals surface area contributed by atoms with Crippen LogP contribution >= 0.6 is 0 Å². The van der Waals surface area contributed by atoms with E-state index in [1.54, 1.807) is 25.1 Å². The van der Waals surface area contributed by atoms with Gasteiger partial charge in [-0.05, 0) is 36.8 Å². The topological polar surface area (TPSA) is 55.4 Å². The molecule has 4 nitrogen and oxygen atoms in total. The number of hydrogen-bond acceptors (Lipinski definition) is 3. The lowest BCUT2D eigenvalue weighted by atomic mass is 10.1. The highest BCUT2D eigenvalue weighted by Crippen LogP contribution is 2.21. The van der Waals surface area contributed by atoms with Gasteiger partial charge in [-0.25, -0.2) is 13.6 Å². The number of amides is 1. The zero-order valence-electron chi connectivity index (χ0n) is 11.9. The van der Waals surface area contributed by atoms with Crippen LogP contribution in [0.15, 0.2) is 36.4 Å². The lowest BCUT2D eigenvalue weighted by Crippen LogP contribution is -2.15. The zero-order chi connectivity index (χ0) is 16.3. The number of rotatable bonds is 3. The molecule has 2 aromatic carbocycles. The number of hydrogen-bond donors (Lipinski definition) is 1. The molecule has 0 aromatic heterocycles. The summed E-state index contributed by atoms with van der Waals surface area (Å²) in [5.74, 6) is -2.90. The second-order valence-corrected chi connectivity index (χ2v) is 4.58. The quantitative estimate of drug-likeness (QED) is 0.885. The number of anilines is 1. The van der Waals surface area contributed by atoms with Crippen molar-refractivity contribution in [3.05, 3.63) is 64.7 Å². The summed E-state index contributed by atoms with van der Waals surface area (Å²) in [5.41, 5.74) is 1.00. The molecule has 0 atom stereocenters. The molecular formula is C16H13F2NO3. The largest absolute Gasteiger partial charge is 0.465 e. The van der Waals surface area contributed by atoms with Crippen molar-refractivity contribution in [1.29, 1.82) is 0 Å². The fourth-order valence-electron chi connectivity index (χ4n) is 1.98. The Morgan fingerprint density at radius 3 is 2.32 bits per heavy atom. The third-order valence-corrected chi connectivity index (χ3v) is 3.11. The molecule has 0 heterocycles. The Morgan fingerprint density at radius 2 is 1.73 bits per heavy atom. The van der Waals surface area contributed by atoms with Gasteiger partial charge in [0.25, 0.3) is 5.91 Å². The Bertz CT molecular complexity index is 724. The number of carbonyl (C=O) groups excluding carboxylic acids is 2. The Morgan fingerprint density at radius 1 is 1.09 bits per heavy atom. The third-order valence-electron chi connectivity index (χ3n) is 3.11. The Kier molecular flexibility index (Phi) is 4.50. The first-order chi connectivity index (χ1) is 10.4. The highest BCUT2D eigenvalue weighted by Gasteiger charge is 2.15. The van der Waals surface area contributed by atoms with E-state index in [4.69, 9.17) is 0 Å². The van der Waals surface area contributed by atoms with Gasteiger partial charge in [0.05, 0.1) is 12.7 Å². The smallest absolute Gasteiger partial charge is 0.338 e. The number of methoxy groups -OCH3 is 1. The molecule has 0 bridgehead atoms. The molecule has 0 radical (unpaired) electrons. The van der Waals surface area contributed by atoms with Crippen molar-refractivity contribution in [1.82, 2.24) is 0 Å². The third kappa shape index (κ3) is 3.28. The molecular weight excluding hydrogens is 292 g/mol. The molecule has 0 aliphatic rings. The van der Waals surface area contributed by atoms with Gasteiger partial charge < -0.3 is 10.1 Å². The van der Waals surface area contributed by atoms with Crippen LogP contribution in [0.3, 0.4) is 0 Å². The number of nitrogens with one attached hydrogen (secondary N) is 1. The summed E-state index contributed by atoms with van der Waals surface area (Å²) in [5, 5.41) is 2.52. The maximum atomic E-state index is 13.1. The van der Waals surface area contributed by atoms with E-state index in [0.717, 1.165) is 12.1 Å². The standard InChI is InChI=1S/C16H13F2NO3/c1-9-13(16(21)22-2)4-3-5-14(9)19-15(20)10-6-11(17)8-12(18)7-10/h3-8H,1-2H3,(H,19,20). The molecule has 0 unspecified atom stereocenters. The van der Waals surface area contributed by atoms with Gasteiger partial charge in [0.1, 0.15) is 11.6 Å². The molecule has 22 heavy (non-hydrogen) atoms. The van der Waals surface area contributed by atoms with E-state index in [9.17, 15) is 18.4 Å². The van der Waals surface area contributed by atoms with Gasteiger partial charge in [0.15, 0.2) is 0 Å². The second-order valence-electron chi connectivity index (χ2n) is 4.58. The zero-order valence-corrected chi connectivity index (χ0v) is 11.9. The van der Waals surface area contributed by atoms with Gasteiger partial charge in [-0.2, -0.15) is 0 Å². The number of ether oxygens (including phenoxy) is 1. The van der Waals surface area contributed by atoms with Crippen LogP contribution in [0.5, 0.6) is 0 Å². The summed E-state index contributed by atoms with van der Waals surface area (Å²) in [6.07, 6.45) is 0. The van der Waals surface area contributed by atoms with Crippen LogP contribution < -0.4 is 5.32 Å². The van der Waals surface area contributed by atoms with Crippen LogP contribution in [0, 0.1) is 18.6 Å². The molecule has 2 aromatic rings. The first-order valence-corrected chi connectivity index (χ1v) is 6.37. The molecule has 6 heteroatoms. The van der Waals surface area contributed by atoms with Gasteiger partial charge in [0.2, 0.25) is 0 Å². The fraction of sp³-hybridized carbons (Fsp3) is 0.125. The van der Waals surface area contributed by atoms with Crippen LogP contribution in [-0.4, -0.2) is 19.0 Å². The first kappa shape index (κ1) is 15.6. The van der Waals surface area contributed by atoms with E-state index >= 15 is 0 Å². The summed E-state index contributed by atoms with van der Waals surface area (Å²) < 4.78 is 30.9. The Labute approximate surface area is 125 Å². The summed E-state index contributed by atoms with van der Waals surface area (Å²) in [7, 11) is 1.25. The molecule has 1 N–H and O–H groups in total. The maximum Gasteiger partial charge on any atom is 0.338 e. The molecule has 0 aliphatic carbocycles. The van der Waals surface area contributed by atoms with Gasteiger partial charge in [-0.15, -0.1) is 0 Å². The van der Waals surface area contributed by atoms with Crippen LogP contribution in [-0.2, 0) is 4.74 Å². The van der Waals surface area contributed by atoms with Crippen molar-refractivity contribution in [3.8, 4) is 0 Å². The highest BCUT2D eigenvalue weighted by atomic mass is 19.1. The summed E-state index contributed by atoms with van der Waals surface area (Å²) >= 11 is 0. The first-order valence-electron chi connectivity index (χ1n) is 6.37. The van der Waals surface area contributed by atoms with Crippen molar-refractivity contribution < 1.29 is 23.1 Å². The van der Waals surface area contributed by atoms with Crippen molar-refractivity contribution in [3.63, 3.8) is 0 Å². The van der Waals surface area contributed by atoms with E-state index in [2.05, 4.69) is 10.1 Å². The molecule has 114 valence electrons. The number of halogens is 2. The summed E-state index contributed by atoms with van der Waals surface area (Å²) in [4.78, 5) is 23.7. The maximum absolute atomic E-state index is 13.1. The average Bonchev–Trinajstić information content (AvgIpc) is 2.47. The lowest BCUT2D eigenvalue weighted by Gasteiger charge is -2.11. The van der Waals surface area contributed by atoms with Crippen LogP contribution in [0.2, 0.25) is 0 Å². The van der Waals surface area contributed by atoms with Crippen LogP contribution in [0.25, 0.3) is 0 Å². The number of esters is 1. The van der Waals surface area contributed by atoms with E-state index in [1.807, 2.05) is 0 Å². The minimum Gasteiger partial charge on any atom is -0.465 e. The predicted molar refractivity (Wildman–Crippen MR) is 76.8 cm³/mol. The van der Waals surface area contributed by atoms with Gasteiger partial charge in [-0.1, -0.05) is 6.07 Å². The van der Waals surface area contributed by atoms with E-state index in [1.165, 1.54) is 7.11 Å². The summed E-state index contributed by atoms with van der Waals surface area (Å²) in [6.45, 7) is 1.63. The molecule has 0 spiro atoms. The van der Waals surface area contributed by atoms with Gasteiger partial charge in [0, 0.05) is 17.3 Å². The van der Waals surface area contributed by atoms with E-state index < -0.39 is 23.5 Å². The van der Waals surface area contributed by atoms with Crippen molar-refractivity contribution >= 4 is 17.6 Å². The van der Waals surface area contributed by atoms with Gasteiger partial charge >= 0.3 is 5.97 Å². The monoisotopic (exact) mass is 305 g/mol. The molecule has 1 amide bonds. The molecule has 0 saturated heterocycles. The Balaban J connectivity index is 2.31. The molecule has 0 aliphatic heterocycles. The molecule has 0 saturated carbocycles. The number of benzene rings is 2. The average molecular weight is 305 g/mol. The minimum atomic E-state index is -0.842. The summed E-state index contributed by atoms with van der Waals surface area (Å²) in [6, 6.07) is 7.24. The number of carbonyl (C=O) groups is 2. The second kappa shape index (κ2) is 6.34. The minimum absolute atomic E-state index is 0.152. The lowest BCUT2D eigenvalue weighted by molar-refractivity contribution is 0.0599. The SMILES string of the molecule is COC(=O)c1cccc(NC(=O)c2cc(F)cc(F)c2)c1C. The normalized spacial score (nSPS) is 10.2. The van der Waals surface area contributed by atoms with Crippen LogP contribution in [0.1, 0.15) is 26.3 Å².